The van der Waals surface area contributed by atoms with Crippen LogP contribution in [0.25, 0.3) is 28.0 Å². The molecule has 0 bridgehead atoms. The van der Waals surface area contributed by atoms with Crippen molar-refractivity contribution in [2.24, 2.45) is 0 Å². The van der Waals surface area contributed by atoms with Gasteiger partial charge in [0.2, 0.25) is 5.95 Å². The fourth-order valence-corrected chi connectivity index (χ4v) is 4.24. The largest absolute Gasteiger partial charge is 0.464 e. The van der Waals surface area contributed by atoms with Crippen molar-refractivity contribution < 1.29 is 14.3 Å². The number of hydrogen-bond acceptors (Lipinski definition) is 8. The summed E-state index contributed by atoms with van der Waals surface area (Å²) in [5, 5.41) is 4.65. The van der Waals surface area contributed by atoms with Gasteiger partial charge in [-0.1, -0.05) is 30.3 Å². The Kier molecular flexibility index (Phi) is 5.81. The van der Waals surface area contributed by atoms with Gasteiger partial charge in [0.1, 0.15) is 5.69 Å². The van der Waals surface area contributed by atoms with E-state index in [9.17, 15) is 9.59 Å². The fourth-order valence-electron chi connectivity index (χ4n) is 4.24. The minimum absolute atomic E-state index is 0.0284. The number of nitrogen functional groups attached to an aromatic ring is 1. The molecule has 1 unspecified atom stereocenters. The summed E-state index contributed by atoms with van der Waals surface area (Å²) in [4.78, 5) is 34.1. The number of esters is 1. The van der Waals surface area contributed by atoms with Crippen LogP contribution in [0.3, 0.4) is 0 Å². The smallest absolute Gasteiger partial charge is 0.356 e. The monoisotopic (exact) mass is 460 g/mol. The van der Waals surface area contributed by atoms with Crippen LogP contribution < -0.4 is 11.4 Å². The average molecular weight is 460 g/mol. The van der Waals surface area contributed by atoms with E-state index in [1.165, 1.54) is 22.4 Å². The summed E-state index contributed by atoms with van der Waals surface area (Å²) in [6, 6.07) is 12.8. The van der Waals surface area contributed by atoms with Crippen molar-refractivity contribution in [1.82, 2.24) is 24.1 Å². The van der Waals surface area contributed by atoms with Crippen molar-refractivity contribution in [3.05, 3.63) is 64.8 Å². The highest BCUT2D eigenvalue weighted by Gasteiger charge is 2.24. The summed E-state index contributed by atoms with van der Waals surface area (Å²) in [6.45, 7) is 0.997. The number of aromatic nitrogens is 5. The molecule has 3 aromatic heterocycles. The Bertz CT molecular complexity index is 1410. The maximum absolute atomic E-state index is 13.3. The lowest BCUT2D eigenvalue weighted by molar-refractivity contribution is 0.00341. The molecular weight excluding hydrogens is 436 g/mol. The van der Waals surface area contributed by atoms with E-state index >= 15 is 0 Å². The second-order valence-corrected chi connectivity index (χ2v) is 8.09. The number of anilines is 1. The van der Waals surface area contributed by atoms with Crippen LogP contribution in [0.2, 0.25) is 0 Å². The van der Waals surface area contributed by atoms with Crippen molar-refractivity contribution in [2.45, 2.75) is 31.9 Å². The number of ether oxygens (including phenoxy) is 2. The molecule has 1 saturated heterocycles. The lowest BCUT2D eigenvalue weighted by Crippen LogP contribution is -2.31. The summed E-state index contributed by atoms with van der Waals surface area (Å²) in [7, 11) is 1.30. The number of benzene rings is 1. The lowest BCUT2D eigenvalue weighted by Gasteiger charge is -2.21. The summed E-state index contributed by atoms with van der Waals surface area (Å²) in [6.07, 6.45) is 4.35. The Labute approximate surface area is 195 Å². The highest BCUT2D eigenvalue weighted by atomic mass is 16.5. The molecule has 1 fully saturated rings. The average Bonchev–Trinajstić information content (AvgIpc) is 3.20. The van der Waals surface area contributed by atoms with E-state index in [1.54, 1.807) is 12.1 Å². The second kappa shape index (κ2) is 9.06. The predicted molar refractivity (Wildman–Crippen MR) is 125 cm³/mol. The van der Waals surface area contributed by atoms with Crippen LogP contribution in [0.5, 0.6) is 0 Å². The number of nitrogens with zero attached hydrogens (tertiary/aromatic N) is 5. The molecule has 1 aromatic carbocycles. The molecule has 0 aliphatic carbocycles. The normalized spacial score (nSPS) is 16.0. The number of nitrogens with two attached hydrogens (primary N) is 1. The first-order valence-corrected chi connectivity index (χ1v) is 11.1. The first kappa shape index (κ1) is 21.8. The van der Waals surface area contributed by atoms with Crippen LogP contribution in [0.15, 0.2) is 53.5 Å². The van der Waals surface area contributed by atoms with Crippen molar-refractivity contribution in [1.29, 1.82) is 0 Å². The van der Waals surface area contributed by atoms with Gasteiger partial charge < -0.3 is 15.2 Å². The molecule has 1 aliphatic heterocycles. The molecule has 34 heavy (non-hydrogen) atoms. The van der Waals surface area contributed by atoms with Gasteiger partial charge in [-0.05, 0) is 37.0 Å². The highest BCUT2D eigenvalue weighted by molar-refractivity contribution is 5.94. The molecule has 5 rings (SSSR count). The number of methoxy groups -OCH3 is 1. The Morgan fingerprint density at radius 3 is 2.76 bits per heavy atom. The van der Waals surface area contributed by atoms with Gasteiger partial charge >= 0.3 is 11.7 Å². The highest BCUT2D eigenvalue weighted by Crippen LogP contribution is 2.34. The molecule has 174 valence electrons. The summed E-state index contributed by atoms with van der Waals surface area (Å²) >= 11 is 0. The van der Waals surface area contributed by atoms with Crippen molar-refractivity contribution >= 4 is 17.6 Å². The van der Waals surface area contributed by atoms with E-state index < -0.39 is 11.7 Å². The molecule has 10 nitrogen and oxygen atoms in total. The number of rotatable bonds is 5. The molecule has 0 amide bonds. The number of carbonyl (C=O) groups excluding carboxylic acids is 1. The quantitative estimate of drug-likeness (QED) is 0.450. The predicted octanol–water partition coefficient (Wildman–Crippen LogP) is 2.56. The SMILES string of the molecule is COC(=O)c1cc(-c2c(-c3ccccc3)nc(N)n3c(=O)n(CC4CCCCO4)nc23)ccn1. The number of carbonyl (C=O) groups is 1. The summed E-state index contributed by atoms with van der Waals surface area (Å²) in [5.74, 6) is -0.541. The van der Waals surface area contributed by atoms with Crippen LogP contribution in [-0.4, -0.2) is 49.9 Å². The Hall–Kier alpha value is -4.05. The zero-order chi connectivity index (χ0) is 23.7. The van der Waals surface area contributed by atoms with Crippen LogP contribution in [-0.2, 0) is 16.0 Å². The molecule has 0 radical (unpaired) electrons. The molecule has 1 aliphatic rings. The van der Waals surface area contributed by atoms with Gasteiger partial charge in [0.05, 0.1) is 31.0 Å². The molecule has 4 aromatic rings. The molecule has 0 saturated carbocycles. The minimum atomic E-state index is -0.570. The molecular formula is C24H24N6O4. The number of pyridine rings is 1. The van der Waals surface area contributed by atoms with Gasteiger partial charge in [0.15, 0.2) is 5.65 Å². The lowest BCUT2D eigenvalue weighted by atomic mass is 10.00. The third-order valence-corrected chi connectivity index (χ3v) is 5.90. The van der Waals surface area contributed by atoms with E-state index in [0.717, 1.165) is 24.8 Å². The Morgan fingerprint density at radius 1 is 1.21 bits per heavy atom. The van der Waals surface area contributed by atoms with Gasteiger partial charge in [0, 0.05) is 18.4 Å². The number of hydrogen-bond donors (Lipinski definition) is 1. The first-order chi connectivity index (χ1) is 16.6. The first-order valence-electron chi connectivity index (χ1n) is 11.1. The van der Waals surface area contributed by atoms with Crippen LogP contribution in [0, 0.1) is 0 Å². The van der Waals surface area contributed by atoms with Gasteiger partial charge in [-0.3, -0.25) is 0 Å². The van der Waals surface area contributed by atoms with Crippen molar-refractivity contribution in [2.75, 3.05) is 19.5 Å². The number of fused-ring (bicyclic) bond motifs is 1. The molecule has 1 atom stereocenters. The van der Waals surface area contributed by atoms with Gasteiger partial charge in [-0.15, -0.1) is 5.10 Å². The zero-order valence-electron chi connectivity index (χ0n) is 18.7. The Morgan fingerprint density at radius 2 is 2.03 bits per heavy atom. The topological polar surface area (TPSA) is 127 Å². The summed E-state index contributed by atoms with van der Waals surface area (Å²) < 4.78 is 13.3. The maximum atomic E-state index is 13.3. The van der Waals surface area contributed by atoms with E-state index in [1.807, 2.05) is 30.3 Å². The van der Waals surface area contributed by atoms with E-state index in [0.29, 0.717) is 35.6 Å². The maximum Gasteiger partial charge on any atom is 0.356 e. The van der Waals surface area contributed by atoms with Gasteiger partial charge in [-0.25, -0.2) is 28.6 Å². The van der Waals surface area contributed by atoms with E-state index in [4.69, 9.17) is 15.2 Å². The zero-order valence-corrected chi connectivity index (χ0v) is 18.7. The molecule has 0 spiro atoms. The Balaban J connectivity index is 1.75. The van der Waals surface area contributed by atoms with Gasteiger partial charge in [-0.2, -0.15) is 0 Å². The third-order valence-electron chi connectivity index (χ3n) is 5.90. The van der Waals surface area contributed by atoms with E-state index in [-0.39, 0.29) is 17.7 Å². The molecule has 2 N–H and O–H groups in total. The standard InChI is InChI=1S/C24H24N6O4/c1-33-22(31)18-13-16(10-11-26-18)19-20(15-7-3-2-4-8-15)27-23(25)30-21(19)28-29(24(30)32)14-17-9-5-6-12-34-17/h2-4,7-8,10-11,13,17H,5-6,9,12,14H2,1H3,(H2,25,27). The van der Waals surface area contributed by atoms with Crippen LogP contribution in [0.1, 0.15) is 29.8 Å². The molecule has 4 heterocycles. The molecule has 10 heteroatoms. The van der Waals surface area contributed by atoms with Crippen molar-refractivity contribution in [3.8, 4) is 22.4 Å². The second-order valence-electron chi connectivity index (χ2n) is 8.09. The van der Waals surface area contributed by atoms with Crippen LogP contribution in [0.4, 0.5) is 5.95 Å². The third kappa shape index (κ3) is 3.92. The van der Waals surface area contributed by atoms with Gasteiger partial charge in [0.25, 0.3) is 0 Å². The van der Waals surface area contributed by atoms with Crippen LogP contribution >= 0.6 is 0 Å². The fraction of sp³-hybridized carbons (Fsp3) is 0.292. The van der Waals surface area contributed by atoms with Crippen molar-refractivity contribution in [3.63, 3.8) is 0 Å². The minimum Gasteiger partial charge on any atom is -0.464 e. The van der Waals surface area contributed by atoms with E-state index in [2.05, 4.69) is 15.1 Å². The summed E-state index contributed by atoms with van der Waals surface area (Å²) in [5.41, 5.74) is 8.86.